The van der Waals surface area contributed by atoms with E-state index in [0.29, 0.717) is 24.4 Å². The minimum absolute atomic E-state index is 0.0659. The first-order chi connectivity index (χ1) is 8.56. The van der Waals surface area contributed by atoms with Crippen LogP contribution in [0.3, 0.4) is 0 Å². The van der Waals surface area contributed by atoms with Gasteiger partial charge in [-0.3, -0.25) is 14.9 Å². The van der Waals surface area contributed by atoms with Crippen LogP contribution in [0.15, 0.2) is 18.2 Å². The normalized spacial score (nSPS) is 9.89. The number of nitrogens with zero attached hydrogens (tertiary/aromatic N) is 1. The number of esters is 1. The van der Waals surface area contributed by atoms with Gasteiger partial charge in [0, 0.05) is 23.9 Å². The summed E-state index contributed by atoms with van der Waals surface area (Å²) in [6.45, 7) is 4.16. The van der Waals surface area contributed by atoms with Crippen molar-refractivity contribution < 1.29 is 14.5 Å². The van der Waals surface area contributed by atoms with Crippen molar-refractivity contribution in [1.29, 1.82) is 0 Å². The largest absolute Gasteiger partial charge is 0.466 e. The van der Waals surface area contributed by atoms with Gasteiger partial charge < -0.3 is 10.1 Å². The third-order valence-corrected chi connectivity index (χ3v) is 2.45. The highest BCUT2D eigenvalue weighted by atomic mass is 16.6. The second-order valence-electron chi connectivity index (χ2n) is 3.69. The Kier molecular flexibility index (Phi) is 5.10. The van der Waals surface area contributed by atoms with Crippen molar-refractivity contribution in [2.24, 2.45) is 0 Å². The summed E-state index contributed by atoms with van der Waals surface area (Å²) in [6.07, 6.45) is 0.232. The molecular weight excluding hydrogens is 236 g/mol. The molecule has 6 nitrogen and oxygen atoms in total. The van der Waals surface area contributed by atoms with Crippen LogP contribution in [0.5, 0.6) is 0 Å². The van der Waals surface area contributed by atoms with Crippen molar-refractivity contribution >= 4 is 17.3 Å². The molecule has 6 heteroatoms. The Bertz CT molecular complexity index is 446. The fraction of sp³-hybridized carbons (Fsp3) is 0.417. The number of nitrogens with one attached hydrogen (secondary N) is 1. The van der Waals surface area contributed by atoms with Crippen LogP contribution in [0.1, 0.15) is 18.9 Å². The van der Waals surface area contributed by atoms with Crippen molar-refractivity contribution in [3.63, 3.8) is 0 Å². The van der Waals surface area contributed by atoms with E-state index in [0.717, 1.165) is 0 Å². The Morgan fingerprint density at radius 3 is 2.83 bits per heavy atom. The first kappa shape index (κ1) is 14.0. The molecule has 18 heavy (non-hydrogen) atoms. The van der Waals surface area contributed by atoms with Gasteiger partial charge in [0.1, 0.15) is 0 Å². The molecule has 0 saturated heterocycles. The van der Waals surface area contributed by atoms with Gasteiger partial charge in [0.25, 0.3) is 5.69 Å². The molecule has 1 N–H and O–H groups in total. The molecular formula is C12H16N2O4. The van der Waals surface area contributed by atoms with Gasteiger partial charge in [-0.1, -0.05) is 6.07 Å². The monoisotopic (exact) mass is 252 g/mol. The van der Waals surface area contributed by atoms with Gasteiger partial charge in [0.2, 0.25) is 0 Å². The fourth-order valence-corrected chi connectivity index (χ4v) is 1.55. The average molecular weight is 252 g/mol. The number of benzene rings is 1. The second kappa shape index (κ2) is 6.58. The molecule has 1 rings (SSSR count). The van der Waals surface area contributed by atoms with Gasteiger partial charge in [-0.15, -0.1) is 0 Å². The zero-order valence-electron chi connectivity index (χ0n) is 10.4. The average Bonchev–Trinajstić information content (AvgIpc) is 2.31. The predicted molar refractivity (Wildman–Crippen MR) is 67.6 cm³/mol. The number of hydrogen-bond donors (Lipinski definition) is 1. The fourth-order valence-electron chi connectivity index (χ4n) is 1.55. The van der Waals surface area contributed by atoms with Crippen LogP contribution >= 0.6 is 0 Å². The summed E-state index contributed by atoms with van der Waals surface area (Å²) < 4.78 is 4.78. The van der Waals surface area contributed by atoms with E-state index in [1.165, 1.54) is 6.07 Å². The molecule has 0 aromatic heterocycles. The topological polar surface area (TPSA) is 81.5 Å². The lowest BCUT2D eigenvalue weighted by atomic mass is 10.1. The summed E-state index contributed by atoms with van der Waals surface area (Å²) in [6, 6.07) is 4.80. The molecule has 0 bridgehead atoms. The zero-order valence-corrected chi connectivity index (χ0v) is 10.4. The van der Waals surface area contributed by atoms with Crippen LogP contribution in [-0.4, -0.2) is 24.0 Å². The summed E-state index contributed by atoms with van der Waals surface area (Å²) in [5.74, 6) is -0.284. The van der Waals surface area contributed by atoms with Crippen molar-refractivity contribution in [2.75, 3.05) is 18.5 Å². The van der Waals surface area contributed by atoms with E-state index in [2.05, 4.69) is 5.32 Å². The lowest BCUT2D eigenvalue weighted by Crippen LogP contribution is -2.12. The summed E-state index contributed by atoms with van der Waals surface area (Å²) in [7, 11) is 0. The Morgan fingerprint density at radius 2 is 2.22 bits per heavy atom. The highest BCUT2D eigenvalue weighted by Crippen LogP contribution is 2.24. The van der Waals surface area contributed by atoms with E-state index in [1.807, 2.05) is 0 Å². The molecule has 1 aromatic rings. The molecule has 0 fully saturated rings. The minimum atomic E-state index is -0.425. The number of nitro groups is 1. The maximum Gasteiger partial charge on any atom is 0.307 e. The minimum Gasteiger partial charge on any atom is -0.466 e. The summed E-state index contributed by atoms with van der Waals surface area (Å²) in [5, 5.41) is 13.7. The molecule has 0 unspecified atom stereocenters. The third kappa shape index (κ3) is 3.73. The summed E-state index contributed by atoms with van der Waals surface area (Å²) >= 11 is 0. The smallest absolute Gasteiger partial charge is 0.307 e. The molecule has 0 radical (unpaired) electrons. The molecule has 0 aliphatic heterocycles. The number of anilines is 1. The van der Waals surface area contributed by atoms with Gasteiger partial charge in [-0.05, 0) is 19.9 Å². The van der Waals surface area contributed by atoms with Crippen LogP contribution in [0.4, 0.5) is 11.4 Å². The van der Waals surface area contributed by atoms with Crippen LogP contribution in [-0.2, 0) is 9.53 Å². The molecule has 0 spiro atoms. The van der Waals surface area contributed by atoms with Gasteiger partial charge in [-0.25, -0.2) is 0 Å². The third-order valence-electron chi connectivity index (χ3n) is 2.45. The summed E-state index contributed by atoms with van der Waals surface area (Å²) in [4.78, 5) is 21.4. The maximum atomic E-state index is 11.1. The number of ether oxygens (including phenoxy) is 1. The Morgan fingerprint density at radius 1 is 1.50 bits per heavy atom. The van der Waals surface area contributed by atoms with Crippen LogP contribution < -0.4 is 5.32 Å². The number of nitro benzene ring substituents is 1. The molecule has 0 heterocycles. The van der Waals surface area contributed by atoms with Crippen molar-refractivity contribution in [2.45, 2.75) is 20.3 Å². The predicted octanol–water partition coefficient (Wildman–Crippen LogP) is 2.27. The Labute approximate surface area is 105 Å². The van der Waals surface area contributed by atoms with E-state index in [1.54, 1.807) is 26.0 Å². The standard InChI is InChI=1S/C12H16N2O4/c1-3-18-12(15)7-8-13-10-5-4-6-11(9(10)2)14(16)17/h4-6,13H,3,7-8H2,1-2H3. The van der Waals surface area contributed by atoms with E-state index in [4.69, 9.17) is 4.74 Å². The van der Waals surface area contributed by atoms with Crippen LogP contribution in [0.2, 0.25) is 0 Å². The lowest BCUT2D eigenvalue weighted by Gasteiger charge is -2.09. The number of rotatable bonds is 6. The van der Waals surface area contributed by atoms with E-state index < -0.39 is 4.92 Å². The first-order valence-electron chi connectivity index (χ1n) is 5.69. The van der Waals surface area contributed by atoms with Gasteiger partial charge in [-0.2, -0.15) is 0 Å². The second-order valence-corrected chi connectivity index (χ2v) is 3.69. The van der Waals surface area contributed by atoms with Gasteiger partial charge in [0.15, 0.2) is 0 Å². The van der Waals surface area contributed by atoms with Gasteiger partial charge in [0.05, 0.1) is 18.0 Å². The highest BCUT2D eigenvalue weighted by molar-refractivity contribution is 5.70. The van der Waals surface area contributed by atoms with Gasteiger partial charge >= 0.3 is 5.97 Å². The SMILES string of the molecule is CCOC(=O)CCNc1cccc([N+](=O)[O-])c1C. The zero-order chi connectivity index (χ0) is 13.5. The van der Waals surface area contributed by atoms with Crippen molar-refractivity contribution in [3.05, 3.63) is 33.9 Å². The molecule has 0 saturated carbocycles. The number of carbonyl (C=O) groups is 1. The number of hydrogen-bond acceptors (Lipinski definition) is 5. The lowest BCUT2D eigenvalue weighted by molar-refractivity contribution is -0.385. The van der Waals surface area contributed by atoms with E-state index >= 15 is 0 Å². The summed E-state index contributed by atoms with van der Waals surface area (Å²) in [5.41, 5.74) is 1.29. The molecule has 0 amide bonds. The quantitative estimate of drug-likeness (QED) is 0.477. The van der Waals surface area contributed by atoms with E-state index in [9.17, 15) is 14.9 Å². The van der Waals surface area contributed by atoms with Crippen LogP contribution in [0, 0.1) is 17.0 Å². The first-order valence-corrected chi connectivity index (χ1v) is 5.69. The van der Waals surface area contributed by atoms with Crippen LogP contribution in [0.25, 0.3) is 0 Å². The highest BCUT2D eigenvalue weighted by Gasteiger charge is 2.12. The molecule has 0 aliphatic rings. The molecule has 98 valence electrons. The Balaban J connectivity index is 2.60. The van der Waals surface area contributed by atoms with E-state index in [-0.39, 0.29) is 18.1 Å². The molecule has 0 atom stereocenters. The Hall–Kier alpha value is -2.11. The number of carbonyl (C=O) groups excluding carboxylic acids is 1. The molecule has 0 aliphatic carbocycles. The van der Waals surface area contributed by atoms with Crippen molar-refractivity contribution in [1.82, 2.24) is 0 Å². The van der Waals surface area contributed by atoms with Crippen molar-refractivity contribution in [3.8, 4) is 0 Å². The molecule has 1 aromatic carbocycles. The maximum absolute atomic E-state index is 11.1.